The van der Waals surface area contributed by atoms with E-state index in [-0.39, 0.29) is 6.10 Å². The van der Waals surface area contributed by atoms with Gasteiger partial charge in [-0.15, -0.1) is 5.10 Å². The van der Waals surface area contributed by atoms with Crippen molar-refractivity contribution < 1.29 is 9.47 Å². The number of hydrogen-bond donors (Lipinski definition) is 0. The molecule has 2 fully saturated rings. The van der Waals surface area contributed by atoms with Crippen LogP contribution in [0.25, 0.3) is 22.6 Å². The number of anilines is 1. The molecule has 0 amide bonds. The summed E-state index contributed by atoms with van der Waals surface area (Å²) in [5, 5.41) is 12.7. The quantitative estimate of drug-likeness (QED) is 0.309. The van der Waals surface area contributed by atoms with Crippen molar-refractivity contribution in [3.05, 3.63) is 31.0 Å². The van der Waals surface area contributed by atoms with Crippen LogP contribution in [0.3, 0.4) is 0 Å². The molecule has 0 aliphatic carbocycles. The van der Waals surface area contributed by atoms with Gasteiger partial charge in [-0.25, -0.2) is 24.6 Å². The van der Waals surface area contributed by atoms with E-state index in [4.69, 9.17) is 14.5 Å². The van der Waals surface area contributed by atoms with E-state index in [1.807, 2.05) is 13.2 Å². The summed E-state index contributed by atoms with van der Waals surface area (Å²) >= 11 is 0. The molecule has 6 heterocycles. The van der Waals surface area contributed by atoms with Crippen LogP contribution in [0.2, 0.25) is 0 Å². The van der Waals surface area contributed by atoms with Gasteiger partial charge in [0.1, 0.15) is 6.61 Å². The van der Waals surface area contributed by atoms with Gasteiger partial charge in [-0.3, -0.25) is 9.58 Å². The average Bonchev–Trinajstić information content (AvgIpc) is 3.56. The fraction of sp³-hybridized carbons (Fsp3) is 0.542. The molecule has 0 bridgehead atoms. The smallest absolute Gasteiger partial charge is 0.225 e. The Hall–Kier alpha value is -3.75. The second kappa shape index (κ2) is 10.9. The number of morpholine rings is 1. The van der Waals surface area contributed by atoms with Crippen molar-refractivity contribution in [3.63, 3.8) is 0 Å². The number of nitrogens with zero attached hydrogens (tertiary/aromatic N) is 12. The Morgan fingerprint density at radius 2 is 1.84 bits per heavy atom. The van der Waals surface area contributed by atoms with Crippen molar-refractivity contribution in [3.8, 4) is 17.0 Å². The zero-order valence-corrected chi connectivity index (χ0v) is 21.7. The summed E-state index contributed by atoms with van der Waals surface area (Å²) in [6.07, 6.45) is 8.72. The maximum atomic E-state index is 6.03. The van der Waals surface area contributed by atoms with Gasteiger partial charge in [0.05, 0.1) is 49.7 Å². The largest absolute Gasteiger partial charge is 0.489 e. The van der Waals surface area contributed by atoms with Crippen LogP contribution < -0.4 is 9.64 Å². The minimum Gasteiger partial charge on any atom is -0.489 e. The molecular formula is C24H32N12O2. The molecule has 1 unspecified atom stereocenters. The SMILES string of the molecule is CN1CCN(CCOc2cnc(N3CCOC(Cn4nnc5ncc(-c6cnn(C)c6)nc54)C3)nc2)CC1. The summed E-state index contributed by atoms with van der Waals surface area (Å²) in [4.78, 5) is 25.2. The highest BCUT2D eigenvalue weighted by Gasteiger charge is 2.24. The highest BCUT2D eigenvalue weighted by Crippen LogP contribution is 2.19. The molecule has 0 spiro atoms. The Labute approximate surface area is 220 Å². The van der Waals surface area contributed by atoms with Crippen molar-refractivity contribution in [2.45, 2.75) is 12.6 Å². The molecule has 2 aliphatic heterocycles. The van der Waals surface area contributed by atoms with Crippen LogP contribution in [0.1, 0.15) is 0 Å². The predicted octanol–water partition coefficient (Wildman–Crippen LogP) is -0.0566. The van der Waals surface area contributed by atoms with Gasteiger partial charge in [0.2, 0.25) is 11.6 Å². The third-order valence-electron chi connectivity index (χ3n) is 6.91. The lowest BCUT2D eigenvalue weighted by atomic mass is 10.2. The van der Waals surface area contributed by atoms with E-state index in [9.17, 15) is 0 Å². The third kappa shape index (κ3) is 5.56. The fourth-order valence-corrected chi connectivity index (χ4v) is 4.69. The summed E-state index contributed by atoms with van der Waals surface area (Å²) in [7, 11) is 4.03. The second-order valence-corrected chi connectivity index (χ2v) is 9.73. The van der Waals surface area contributed by atoms with E-state index in [1.54, 1.807) is 34.2 Å². The molecule has 38 heavy (non-hydrogen) atoms. The van der Waals surface area contributed by atoms with E-state index in [1.165, 1.54) is 0 Å². The fourth-order valence-electron chi connectivity index (χ4n) is 4.69. The van der Waals surface area contributed by atoms with Crippen molar-refractivity contribution in [1.82, 2.24) is 54.5 Å². The number of ether oxygens (including phenoxy) is 2. The number of aromatic nitrogens is 9. The van der Waals surface area contributed by atoms with Crippen molar-refractivity contribution in [1.29, 1.82) is 0 Å². The lowest BCUT2D eigenvalue weighted by Crippen LogP contribution is -2.45. The molecule has 14 heteroatoms. The molecule has 0 aromatic carbocycles. The Bertz CT molecular complexity index is 1350. The zero-order valence-electron chi connectivity index (χ0n) is 21.7. The Morgan fingerprint density at radius 1 is 1.00 bits per heavy atom. The van der Waals surface area contributed by atoms with Crippen LogP contribution in [0, 0.1) is 0 Å². The number of likely N-dealkylation sites (N-methyl/N-ethyl adjacent to an activating group) is 1. The van der Waals surface area contributed by atoms with Gasteiger partial charge in [-0.2, -0.15) is 5.10 Å². The van der Waals surface area contributed by atoms with Gasteiger partial charge in [0.15, 0.2) is 11.4 Å². The topological polar surface area (TPSA) is 128 Å². The molecule has 1 atom stereocenters. The van der Waals surface area contributed by atoms with E-state index >= 15 is 0 Å². The maximum absolute atomic E-state index is 6.03. The molecule has 2 aliphatic rings. The van der Waals surface area contributed by atoms with Crippen LogP contribution in [-0.2, 0) is 18.3 Å². The van der Waals surface area contributed by atoms with E-state index in [0.717, 1.165) is 44.0 Å². The molecule has 14 nitrogen and oxygen atoms in total. The molecule has 4 aromatic rings. The third-order valence-corrected chi connectivity index (χ3v) is 6.91. The van der Waals surface area contributed by atoms with E-state index < -0.39 is 0 Å². The van der Waals surface area contributed by atoms with Gasteiger partial charge in [-0.05, 0) is 7.05 Å². The van der Waals surface area contributed by atoms with Crippen molar-refractivity contribution in [2.75, 3.05) is 71.0 Å². The molecule has 200 valence electrons. The summed E-state index contributed by atoms with van der Waals surface area (Å²) < 4.78 is 15.4. The number of piperazine rings is 1. The highest BCUT2D eigenvalue weighted by atomic mass is 16.5. The molecule has 0 N–H and O–H groups in total. The summed E-state index contributed by atoms with van der Waals surface area (Å²) in [6, 6.07) is 0. The first-order valence-corrected chi connectivity index (χ1v) is 12.9. The standard InChI is InChI=1S/C24H32N12O2/c1-32-3-5-34(6-4-32)7-9-37-19-12-26-24(27-13-19)35-8-10-38-20(16-35)17-36-23-22(30-31-36)25-14-21(29-23)18-11-28-33(2)15-18/h11-15,20H,3-10,16-17H2,1-2H3. The highest BCUT2D eigenvalue weighted by molar-refractivity contribution is 5.69. The molecular weight excluding hydrogens is 488 g/mol. The lowest BCUT2D eigenvalue weighted by molar-refractivity contribution is 0.0272. The first-order chi connectivity index (χ1) is 18.6. The summed E-state index contributed by atoms with van der Waals surface area (Å²) in [5.74, 6) is 1.34. The Morgan fingerprint density at radius 3 is 2.63 bits per heavy atom. The average molecular weight is 521 g/mol. The maximum Gasteiger partial charge on any atom is 0.225 e. The Kier molecular flexibility index (Phi) is 7.07. The first kappa shape index (κ1) is 24.6. The predicted molar refractivity (Wildman–Crippen MR) is 139 cm³/mol. The van der Waals surface area contributed by atoms with Gasteiger partial charge >= 0.3 is 0 Å². The van der Waals surface area contributed by atoms with Crippen LogP contribution >= 0.6 is 0 Å². The summed E-state index contributed by atoms with van der Waals surface area (Å²) in [6.45, 7) is 8.30. The monoisotopic (exact) mass is 520 g/mol. The number of fused-ring (bicyclic) bond motifs is 1. The van der Waals surface area contributed by atoms with Crippen LogP contribution in [0.5, 0.6) is 5.75 Å². The van der Waals surface area contributed by atoms with Gasteiger partial charge in [0, 0.05) is 64.6 Å². The first-order valence-electron chi connectivity index (χ1n) is 12.9. The van der Waals surface area contributed by atoms with Crippen molar-refractivity contribution >= 4 is 17.2 Å². The summed E-state index contributed by atoms with van der Waals surface area (Å²) in [5.41, 5.74) is 2.72. The lowest BCUT2D eigenvalue weighted by Gasteiger charge is -2.33. The molecule has 0 radical (unpaired) electrons. The number of rotatable bonds is 8. The van der Waals surface area contributed by atoms with E-state index in [0.29, 0.717) is 55.8 Å². The van der Waals surface area contributed by atoms with Gasteiger partial charge in [0.25, 0.3) is 0 Å². The number of aryl methyl sites for hydroxylation is 1. The minimum atomic E-state index is -0.124. The molecule has 4 aromatic heterocycles. The van der Waals surface area contributed by atoms with Crippen LogP contribution in [0.4, 0.5) is 5.95 Å². The van der Waals surface area contributed by atoms with Crippen LogP contribution in [0.15, 0.2) is 31.0 Å². The Balaban J connectivity index is 1.05. The minimum absolute atomic E-state index is 0.124. The number of hydrogen-bond acceptors (Lipinski definition) is 12. The van der Waals surface area contributed by atoms with E-state index in [2.05, 4.69) is 52.1 Å². The zero-order chi connectivity index (χ0) is 25.9. The normalized spacial score (nSPS) is 19.3. The van der Waals surface area contributed by atoms with Crippen LogP contribution in [-0.4, -0.2) is 127 Å². The van der Waals surface area contributed by atoms with Crippen molar-refractivity contribution in [2.24, 2.45) is 7.05 Å². The second-order valence-electron chi connectivity index (χ2n) is 9.73. The molecule has 6 rings (SSSR count). The van der Waals surface area contributed by atoms with Gasteiger partial charge < -0.3 is 19.3 Å². The molecule has 0 saturated carbocycles. The molecule has 2 saturated heterocycles. The van der Waals surface area contributed by atoms with Gasteiger partial charge in [-0.1, -0.05) is 5.21 Å².